The molecule has 5 nitrogen and oxygen atoms in total. The van der Waals surface area contributed by atoms with Crippen molar-refractivity contribution in [2.45, 2.75) is 57.4 Å². The first-order valence-corrected chi connectivity index (χ1v) is 7.21. The standard InChI is InChI=1S/C13H25N5/c14-12(16-11-7-3-1-4-8-11)17-13(15)18-9-5-2-6-10-18/h11H,1-10H2,(H4,14,15,16,17). The fourth-order valence-corrected chi connectivity index (χ4v) is 2.80. The summed E-state index contributed by atoms with van der Waals surface area (Å²) in [5.41, 5.74) is 0. The molecule has 1 saturated heterocycles. The van der Waals surface area contributed by atoms with E-state index >= 15 is 0 Å². The van der Waals surface area contributed by atoms with Gasteiger partial charge in [0.15, 0.2) is 11.9 Å². The molecule has 1 saturated carbocycles. The lowest BCUT2D eigenvalue weighted by atomic mass is 9.96. The van der Waals surface area contributed by atoms with E-state index in [2.05, 4.69) is 10.6 Å². The highest BCUT2D eigenvalue weighted by Gasteiger charge is 2.17. The van der Waals surface area contributed by atoms with Crippen molar-refractivity contribution >= 4 is 11.9 Å². The summed E-state index contributed by atoms with van der Waals surface area (Å²) in [7, 11) is 0. The van der Waals surface area contributed by atoms with Crippen LogP contribution in [0.25, 0.3) is 0 Å². The Morgan fingerprint density at radius 1 is 0.889 bits per heavy atom. The number of hydrogen-bond donors (Lipinski definition) is 4. The summed E-state index contributed by atoms with van der Waals surface area (Å²) in [6, 6.07) is 0.424. The van der Waals surface area contributed by atoms with Crippen molar-refractivity contribution in [3.05, 3.63) is 0 Å². The molecule has 0 aromatic rings. The van der Waals surface area contributed by atoms with Crippen molar-refractivity contribution in [2.24, 2.45) is 0 Å². The van der Waals surface area contributed by atoms with Gasteiger partial charge in [0.1, 0.15) is 0 Å². The quantitative estimate of drug-likeness (QED) is 0.424. The van der Waals surface area contributed by atoms with Crippen LogP contribution in [0.1, 0.15) is 51.4 Å². The van der Waals surface area contributed by atoms with E-state index in [1.54, 1.807) is 0 Å². The van der Waals surface area contributed by atoms with Gasteiger partial charge < -0.3 is 10.2 Å². The lowest BCUT2D eigenvalue weighted by molar-refractivity contribution is 0.333. The van der Waals surface area contributed by atoms with E-state index in [9.17, 15) is 0 Å². The lowest BCUT2D eigenvalue weighted by Gasteiger charge is -2.30. The van der Waals surface area contributed by atoms with Crippen LogP contribution in [-0.2, 0) is 0 Å². The van der Waals surface area contributed by atoms with Crippen molar-refractivity contribution in [2.75, 3.05) is 13.1 Å². The second kappa shape index (κ2) is 6.61. The van der Waals surface area contributed by atoms with Crippen molar-refractivity contribution in [1.82, 2.24) is 15.5 Å². The summed E-state index contributed by atoms with van der Waals surface area (Å²) in [6.07, 6.45) is 9.73. The summed E-state index contributed by atoms with van der Waals surface area (Å²) >= 11 is 0. The van der Waals surface area contributed by atoms with Gasteiger partial charge in [-0.2, -0.15) is 0 Å². The average Bonchev–Trinajstić information content (AvgIpc) is 2.40. The van der Waals surface area contributed by atoms with Gasteiger partial charge in [0.25, 0.3) is 0 Å². The molecule has 2 rings (SSSR count). The van der Waals surface area contributed by atoms with Crippen molar-refractivity contribution in [3.8, 4) is 0 Å². The number of piperidine rings is 1. The highest BCUT2D eigenvalue weighted by Crippen LogP contribution is 2.17. The maximum atomic E-state index is 7.96. The fraction of sp³-hybridized carbons (Fsp3) is 0.846. The first-order valence-electron chi connectivity index (χ1n) is 7.21. The lowest BCUT2D eigenvalue weighted by Crippen LogP contribution is -2.51. The van der Waals surface area contributed by atoms with Crippen LogP contribution < -0.4 is 10.6 Å². The fourth-order valence-electron chi connectivity index (χ4n) is 2.80. The maximum Gasteiger partial charge on any atom is 0.197 e. The molecule has 4 N–H and O–H groups in total. The zero-order chi connectivity index (χ0) is 12.8. The number of rotatable bonds is 1. The normalized spacial score (nSPS) is 21.4. The molecule has 0 aromatic carbocycles. The molecule has 18 heavy (non-hydrogen) atoms. The molecule has 102 valence electrons. The second-order valence-corrected chi connectivity index (χ2v) is 5.38. The molecule has 2 fully saturated rings. The smallest absolute Gasteiger partial charge is 0.197 e. The summed E-state index contributed by atoms with van der Waals surface area (Å²) in [6.45, 7) is 1.89. The minimum Gasteiger partial charge on any atom is -0.353 e. The number of nitrogens with one attached hydrogen (secondary N) is 4. The maximum absolute atomic E-state index is 7.96. The Labute approximate surface area is 109 Å². The predicted molar refractivity (Wildman–Crippen MR) is 74.0 cm³/mol. The third-order valence-electron chi connectivity index (χ3n) is 3.87. The summed E-state index contributed by atoms with van der Waals surface area (Å²) < 4.78 is 0. The number of guanidine groups is 2. The number of likely N-dealkylation sites (tertiary alicyclic amines) is 1. The molecule has 0 amide bonds. The van der Waals surface area contributed by atoms with E-state index in [-0.39, 0.29) is 5.96 Å². The molecule has 0 radical (unpaired) electrons. The molecule has 1 heterocycles. The summed E-state index contributed by atoms with van der Waals surface area (Å²) in [5, 5.41) is 21.9. The first kappa shape index (κ1) is 13.2. The van der Waals surface area contributed by atoms with Crippen LogP contribution in [0.2, 0.25) is 0 Å². The summed E-state index contributed by atoms with van der Waals surface area (Å²) in [5.74, 6) is 0.667. The van der Waals surface area contributed by atoms with Gasteiger partial charge in [-0.05, 0) is 32.1 Å². The van der Waals surface area contributed by atoms with Gasteiger partial charge in [-0.25, -0.2) is 0 Å². The van der Waals surface area contributed by atoms with E-state index in [1.165, 1.54) is 25.7 Å². The third kappa shape index (κ3) is 3.89. The van der Waals surface area contributed by atoms with Crippen LogP contribution in [0.15, 0.2) is 0 Å². The Kier molecular flexibility index (Phi) is 4.84. The van der Waals surface area contributed by atoms with Crippen molar-refractivity contribution in [3.63, 3.8) is 0 Å². The van der Waals surface area contributed by atoms with Gasteiger partial charge in [0, 0.05) is 19.1 Å². The number of hydrogen-bond acceptors (Lipinski definition) is 2. The van der Waals surface area contributed by atoms with E-state index in [4.69, 9.17) is 10.8 Å². The summed E-state index contributed by atoms with van der Waals surface area (Å²) in [4.78, 5) is 2.03. The van der Waals surface area contributed by atoms with Crippen LogP contribution in [0.3, 0.4) is 0 Å². The Bertz CT molecular complexity index is 290. The largest absolute Gasteiger partial charge is 0.353 e. The van der Waals surface area contributed by atoms with Gasteiger partial charge in [0.2, 0.25) is 0 Å². The molecule has 0 spiro atoms. The van der Waals surface area contributed by atoms with Crippen molar-refractivity contribution < 1.29 is 0 Å². The van der Waals surface area contributed by atoms with Gasteiger partial charge in [0.05, 0.1) is 0 Å². The van der Waals surface area contributed by atoms with E-state index in [1.807, 2.05) is 4.90 Å². The van der Waals surface area contributed by atoms with Gasteiger partial charge in [-0.15, -0.1) is 0 Å². The molecule has 0 bridgehead atoms. The topological polar surface area (TPSA) is 75.0 Å². The molecule has 0 atom stereocenters. The van der Waals surface area contributed by atoms with E-state index in [0.29, 0.717) is 12.0 Å². The highest BCUT2D eigenvalue weighted by molar-refractivity contribution is 5.95. The van der Waals surface area contributed by atoms with Crippen LogP contribution in [0, 0.1) is 10.8 Å². The Balaban J connectivity index is 1.70. The zero-order valence-corrected chi connectivity index (χ0v) is 11.1. The predicted octanol–water partition coefficient (Wildman–Crippen LogP) is 1.85. The van der Waals surface area contributed by atoms with Crippen LogP contribution >= 0.6 is 0 Å². The SMILES string of the molecule is N=C(NC(=N)N1CCCCC1)NC1CCCCC1. The molecule has 1 aliphatic carbocycles. The van der Waals surface area contributed by atoms with Crippen molar-refractivity contribution in [1.29, 1.82) is 10.8 Å². The van der Waals surface area contributed by atoms with Gasteiger partial charge in [-0.1, -0.05) is 19.3 Å². The zero-order valence-electron chi connectivity index (χ0n) is 11.1. The Morgan fingerprint density at radius 2 is 1.50 bits per heavy atom. The average molecular weight is 251 g/mol. The molecule has 0 unspecified atom stereocenters. The molecule has 0 aromatic heterocycles. The molecular formula is C13H25N5. The Hall–Kier alpha value is -1.26. The van der Waals surface area contributed by atoms with Crippen LogP contribution in [-0.4, -0.2) is 36.0 Å². The van der Waals surface area contributed by atoms with E-state index < -0.39 is 0 Å². The molecule has 2 aliphatic rings. The third-order valence-corrected chi connectivity index (χ3v) is 3.87. The highest BCUT2D eigenvalue weighted by atomic mass is 15.3. The first-order chi connectivity index (χ1) is 8.75. The van der Waals surface area contributed by atoms with Gasteiger partial charge >= 0.3 is 0 Å². The van der Waals surface area contributed by atoms with Crippen LogP contribution in [0.4, 0.5) is 0 Å². The minimum atomic E-state index is 0.289. The van der Waals surface area contributed by atoms with E-state index in [0.717, 1.165) is 38.8 Å². The minimum absolute atomic E-state index is 0.289. The molecule has 5 heteroatoms. The Morgan fingerprint density at radius 3 is 2.17 bits per heavy atom. The second-order valence-electron chi connectivity index (χ2n) is 5.38. The van der Waals surface area contributed by atoms with Crippen LogP contribution in [0.5, 0.6) is 0 Å². The molecule has 1 aliphatic heterocycles. The number of nitrogens with zero attached hydrogens (tertiary/aromatic N) is 1. The van der Waals surface area contributed by atoms with Gasteiger partial charge in [-0.3, -0.25) is 16.1 Å². The monoisotopic (exact) mass is 251 g/mol. The molecular weight excluding hydrogens is 226 g/mol.